The molecular weight excluding hydrogens is 284 g/mol. The predicted molar refractivity (Wildman–Crippen MR) is 70.1 cm³/mol. The Morgan fingerprint density at radius 3 is 3.00 bits per heavy atom. The van der Waals surface area contributed by atoms with E-state index in [9.17, 15) is 4.79 Å². The summed E-state index contributed by atoms with van der Waals surface area (Å²) in [7, 11) is 0. The van der Waals surface area contributed by atoms with Crippen LogP contribution in [-0.4, -0.2) is 30.2 Å². The summed E-state index contributed by atoms with van der Waals surface area (Å²) in [6.45, 7) is 1.58. The number of carboxylic acid groups (broad SMARTS) is 1. The first-order chi connectivity index (χ1) is 8.08. The van der Waals surface area contributed by atoms with E-state index >= 15 is 0 Å². The lowest BCUT2D eigenvalue weighted by Crippen LogP contribution is -2.39. The molecule has 0 aliphatic carbocycles. The smallest absolute Gasteiger partial charge is 0.320 e. The number of halogens is 1. The van der Waals surface area contributed by atoms with Crippen molar-refractivity contribution < 1.29 is 9.90 Å². The van der Waals surface area contributed by atoms with Gasteiger partial charge in [0, 0.05) is 29.2 Å². The zero-order valence-electron chi connectivity index (χ0n) is 9.34. The first-order valence-corrected chi connectivity index (χ1v) is 6.36. The van der Waals surface area contributed by atoms with E-state index in [1.807, 2.05) is 24.3 Å². The summed E-state index contributed by atoms with van der Waals surface area (Å²) < 4.78 is 1.03. The van der Waals surface area contributed by atoms with Gasteiger partial charge in [0.1, 0.15) is 6.04 Å². The highest BCUT2D eigenvalue weighted by atomic mass is 79.9. The molecule has 1 aliphatic rings. The van der Waals surface area contributed by atoms with Gasteiger partial charge < -0.3 is 15.7 Å². The second kappa shape index (κ2) is 5.06. The van der Waals surface area contributed by atoms with E-state index in [1.165, 1.54) is 0 Å². The van der Waals surface area contributed by atoms with Gasteiger partial charge in [-0.05, 0) is 24.6 Å². The number of carboxylic acids is 1. The molecule has 1 fully saturated rings. The van der Waals surface area contributed by atoms with Crippen molar-refractivity contribution in [3.63, 3.8) is 0 Å². The zero-order valence-corrected chi connectivity index (χ0v) is 10.9. The minimum atomic E-state index is -0.911. The van der Waals surface area contributed by atoms with Crippen LogP contribution in [0.3, 0.4) is 0 Å². The minimum Gasteiger partial charge on any atom is -0.480 e. The van der Waals surface area contributed by atoms with Crippen molar-refractivity contribution in [2.45, 2.75) is 12.5 Å². The van der Waals surface area contributed by atoms with E-state index in [0.717, 1.165) is 23.1 Å². The molecule has 1 aromatic carbocycles. The highest BCUT2D eigenvalue weighted by Crippen LogP contribution is 2.27. The van der Waals surface area contributed by atoms with Crippen molar-refractivity contribution in [3.05, 3.63) is 28.7 Å². The monoisotopic (exact) mass is 298 g/mol. The second-order valence-corrected chi connectivity index (χ2v) is 5.25. The Labute approximate surface area is 109 Å². The fourth-order valence-corrected chi connectivity index (χ4v) is 2.58. The maximum atomic E-state index is 10.8. The molecule has 92 valence electrons. The quantitative estimate of drug-likeness (QED) is 0.891. The Morgan fingerprint density at radius 2 is 2.35 bits per heavy atom. The van der Waals surface area contributed by atoms with Gasteiger partial charge in [0.15, 0.2) is 0 Å². The van der Waals surface area contributed by atoms with Crippen molar-refractivity contribution in [2.75, 3.05) is 18.0 Å². The Bertz CT molecular complexity index is 425. The number of nitrogens with zero attached hydrogens (tertiary/aromatic N) is 1. The number of hydrogen-bond acceptors (Lipinski definition) is 3. The maximum absolute atomic E-state index is 10.8. The number of hydrogen-bond donors (Lipinski definition) is 2. The van der Waals surface area contributed by atoms with Gasteiger partial charge in [-0.1, -0.05) is 22.0 Å². The van der Waals surface area contributed by atoms with Crippen LogP contribution in [0, 0.1) is 5.92 Å². The maximum Gasteiger partial charge on any atom is 0.320 e. The summed E-state index contributed by atoms with van der Waals surface area (Å²) in [6, 6.07) is 7.25. The van der Waals surface area contributed by atoms with Crippen LogP contribution in [0.15, 0.2) is 28.7 Å². The number of rotatable bonds is 3. The minimum absolute atomic E-state index is 0.0338. The lowest BCUT2D eigenvalue weighted by atomic mass is 10.0. The van der Waals surface area contributed by atoms with Gasteiger partial charge in [-0.3, -0.25) is 4.79 Å². The van der Waals surface area contributed by atoms with Crippen LogP contribution in [0.4, 0.5) is 5.69 Å². The lowest BCUT2D eigenvalue weighted by molar-refractivity contribution is -0.139. The van der Waals surface area contributed by atoms with E-state index < -0.39 is 12.0 Å². The van der Waals surface area contributed by atoms with Crippen molar-refractivity contribution in [1.82, 2.24) is 0 Å². The summed E-state index contributed by atoms with van der Waals surface area (Å²) >= 11 is 3.43. The topological polar surface area (TPSA) is 66.6 Å². The van der Waals surface area contributed by atoms with Crippen molar-refractivity contribution in [2.24, 2.45) is 11.7 Å². The van der Waals surface area contributed by atoms with Crippen molar-refractivity contribution in [1.29, 1.82) is 0 Å². The molecule has 0 saturated carbocycles. The first kappa shape index (κ1) is 12.4. The van der Waals surface area contributed by atoms with Crippen LogP contribution in [0.5, 0.6) is 0 Å². The van der Waals surface area contributed by atoms with Gasteiger partial charge in [-0.25, -0.2) is 0 Å². The number of nitrogens with two attached hydrogens (primary N) is 1. The number of anilines is 1. The molecular formula is C12H15BrN2O2. The van der Waals surface area contributed by atoms with E-state index in [-0.39, 0.29) is 5.92 Å². The van der Waals surface area contributed by atoms with Crippen molar-refractivity contribution in [3.8, 4) is 0 Å². The fraction of sp³-hybridized carbons (Fsp3) is 0.417. The van der Waals surface area contributed by atoms with E-state index in [0.29, 0.717) is 6.54 Å². The zero-order chi connectivity index (χ0) is 12.4. The van der Waals surface area contributed by atoms with Crippen LogP contribution in [0.2, 0.25) is 0 Å². The standard InChI is InChI=1S/C12H15BrN2O2/c13-9-2-1-3-10(6-9)15-5-4-8(7-15)11(14)12(16)17/h1-3,6,8,11H,4-5,7,14H2,(H,16,17). The molecule has 17 heavy (non-hydrogen) atoms. The summed E-state index contributed by atoms with van der Waals surface area (Å²) in [5.41, 5.74) is 6.77. The SMILES string of the molecule is NC(C(=O)O)C1CCN(c2cccc(Br)c2)C1. The molecule has 1 aromatic rings. The lowest BCUT2D eigenvalue weighted by Gasteiger charge is -2.20. The highest BCUT2D eigenvalue weighted by molar-refractivity contribution is 9.10. The molecule has 3 N–H and O–H groups in total. The van der Waals surface area contributed by atoms with E-state index in [4.69, 9.17) is 10.8 Å². The fourth-order valence-electron chi connectivity index (χ4n) is 2.19. The van der Waals surface area contributed by atoms with E-state index in [1.54, 1.807) is 0 Å². The molecule has 0 aromatic heterocycles. The van der Waals surface area contributed by atoms with Crippen LogP contribution in [-0.2, 0) is 4.79 Å². The number of aliphatic carboxylic acids is 1. The molecule has 2 unspecified atom stereocenters. The molecule has 2 rings (SSSR count). The molecule has 0 amide bonds. The number of benzene rings is 1. The van der Waals surface area contributed by atoms with Gasteiger partial charge >= 0.3 is 5.97 Å². The van der Waals surface area contributed by atoms with Crippen molar-refractivity contribution >= 4 is 27.6 Å². The Balaban J connectivity index is 2.05. The van der Waals surface area contributed by atoms with Crippen LogP contribution >= 0.6 is 15.9 Å². The summed E-state index contributed by atoms with van der Waals surface area (Å²) in [4.78, 5) is 13.0. The second-order valence-electron chi connectivity index (χ2n) is 4.34. The third kappa shape index (κ3) is 2.79. The van der Waals surface area contributed by atoms with Gasteiger partial charge in [0.2, 0.25) is 0 Å². The highest BCUT2D eigenvalue weighted by Gasteiger charge is 2.31. The molecule has 1 aliphatic heterocycles. The van der Waals surface area contributed by atoms with Crippen LogP contribution in [0.1, 0.15) is 6.42 Å². The normalized spacial score (nSPS) is 21.5. The van der Waals surface area contributed by atoms with Crippen LogP contribution < -0.4 is 10.6 Å². The van der Waals surface area contributed by atoms with Gasteiger partial charge in [0.05, 0.1) is 0 Å². The summed E-state index contributed by atoms with van der Waals surface area (Å²) in [6.07, 6.45) is 0.833. The average Bonchev–Trinajstić information content (AvgIpc) is 2.77. The molecule has 1 heterocycles. The number of carbonyl (C=O) groups is 1. The average molecular weight is 299 g/mol. The predicted octanol–water partition coefficient (Wildman–Crippen LogP) is 1.69. The third-order valence-electron chi connectivity index (χ3n) is 3.19. The molecule has 5 heteroatoms. The molecule has 0 bridgehead atoms. The molecule has 0 spiro atoms. The molecule has 2 atom stereocenters. The summed E-state index contributed by atoms with van der Waals surface area (Å²) in [5, 5.41) is 8.89. The Kier molecular flexibility index (Phi) is 3.69. The van der Waals surface area contributed by atoms with Gasteiger partial charge in [-0.15, -0.1) is 0 Å². The van der Waals surface area contributed by atoms with E-state index in [2.05, 4.69) is 20.8 Å². The molecule has 1 saturated heterocycles. The van der Waals surface area contributed by atoms with Crippen LogP contribution in [0.25, 0.3) is 0 Å². The first-order valence-electron chi connectivity index (χ1n) is 5.57. The Morgan fingerprint density at radius 1 is 1.59 bits per heavy atom. The largest absolute Gasteiger partial charge is 0.480 e. The Hall–Kier alpha value is -1.07. The third-order valence-corrected chi connectivity index (χ3v) is 3.68. The van der Waals surface area contributed by atoms with Gasteiger partial charge in [0.25, 0.3) is 0 Å². The van der Waals surface area contributed by atoms with Gasteiger partial charge in [-0.2, -0.15) is 0 Å². The molecule has 4 nitrogen and oxygen atoms in total. The summed E-state index contributed by atoms with van der Waals surface area (Å²) in [5.74, 6) is -0.877. The molecule has 0 radical (unpaired) electrons.